The second-order valence-electron chi connectivity index (χ2n) is 1.95. The number of carbonyl (C=O) groups excluding carboxylic acids is 1. The fourth-order valence-electron chi connectivity index (χ4n) is 0.509. The van der Waals surface area contributed by atoms with Gasteiger partial charge < -0.3 is 15.9 Å². The van der Waals surface area contributed by atoms with Gasteiger partial charge in [0.05, 0.1) is 4.20 Å². The standard InChI is InChI=1S/C7H9NO3S2/c1-2-3-13-7(12)4(5(8)9)6(10)11/h2,10-11H,1,3H2,(H2,8,9). The molecule has 0 radical (unpaired) electrons. The molecular weight excluding hydrogens is 210 g/mol. The molecule has 4 N–H and O–H groups in total. The maximum atomic E-state index is 10.7. The second kappa shape index (κ2) is 5.60. The number of hydrogen-bond acceptors (Lipinski definition) is 5. The predicted octanol–water partition coefficient (Wildman–Crippen LogP) is 1.05. The van der Waals surface area contributed by atoms with E-state index in [2.05, 4.69) is 6.58 Å². The SMILES string of the molecule is C=CCSC(=S)C(C(N)=O)=C(O)O. The molecule has 0 aliphatic rings. The monoisotopic (exact) mass is 219 g/mol. The van der Waals surface area contributed by atoms with Crippen LogP contribution >= 0.6 is 24.0 Å². The topological polar surface area (TPSA) is 83.6 Å². The minimum absolute atomic E-state index is 0.0485. The highest BCUT2D eigenvalue weighted by Gasteiger charge is 2.17. The van der Waals surface area contributed by atoms with E-state index in [0.717, 1.165) is 11.8 Å². The summed E-state index contributed by atoms with van der Waals surface area (Å²) in [7, 11) is 0. The summed E-state index contributed by atoms with van der Waals surface area (Å²) in [5, 5.41) is 17.3. The first kappa shape index (κ1) is 12.0. The van der Waals surface area contributed by atoms with Crippen molar-refractivity contribution in [2.45, 2.75) is 0 Å². The molecule has 0 fully saturated rings. The lowest BCUT2D eigenvalue weighted by Crippen LogP contribution is -2.20. The number of rotatable bonds is 4. The van der Waals surface area contributed by atoms with Gasteiger partial charge in [0, 0.05) is 5.75 Å². The molecule has 0 heterocycles. The van der Waals surface area contributed by atoms with Gasteiger partial charge in [-0.3, -0.25) is 4.79 Å². The van der Waals surface area contributed by atoms with Crippen LogP contribution in [-0.2, 0) is 4.79 Å². The van der Waals surface area contributed by atoms with Crippen LogP contribution in [0.15, 0.2) is 24.2 Å². The highest BCUT2D eigenvalue weighted by molar-refractivity contribution is 8.23. The summed E-state index contributed by atoms with van der Waals surface area (Å²) in [4.78, 5) is 10.7. The number of amides is 1. The van der Waals surface area contributed by atoms with E-state index in [1.807, 2.05) is 0 Å². The van der Waals surface area contributed by atoms with Crippen molar-refractivity contribution in [2.24, 2.45) is 5.73 Å². The average molecular weight is 219 g/mol. The summed E-state index contributed by atoms with van der Waals surface area (Å²) in [5.74, 6) is -1.63. The van der Waals surface area contributed by atoms with Crippen molar-refractivity contribution >= 4 is 34.1 Å². The Morgan fingerprint density at radius 3 is 2.46 bits per heavy atom. The zero-order valence-corrected chi connectivity index (χ0v) is 8.32. The Morgan fingerprint density at radius 2 is 2.15 bits per heavy atom. The lowest BCUT2D eigenvalue weighted by atomic mass is 10.3. The lowest BCUT2D eigenvalue weighted by molar-refractivity contribution is -0.114. The summed E-state index contributed by atoms with van der Waals surface area (Å²) in [6.45, 7) is 3.44. The first-order chi connectivity index (χ1) is 6.00. The van der Waals surface area contributed by atoms with Crippen molar-refractivity contribution in [3.63, 3.8) is 0 Å². The summed E-state index contributed by atoms with van der Waals surface area (Å²) >= 11 is 5.81. The number of aliphatic hydroxyl groups is 2. The lowest BCUT2D eigenvalue weighted by Gasteiger charge is -2.02. The van der Waals surface area contributed by atoms with Crippen LogP contribution in [0.2, 0.25) is 0 Å². The Labute approximate surface area is 85.1 Å². The Kier molecular flexibility index (Phi) is 5.17. The van der Waals surface area contributed by atoms with E-state index in [1.54, 1.807) is 6.08 Å². The van der Waals surface area contributed by atoms with Crippen molar-refractivity contribution in [1.29, 1.82) is 0 Å². The molecular formula is C7H9NO3S2. The summed E-state index contributed by atoms with van der Waals surface area (Å²) in [5.41, 5.74) is 4.44. The van der Waals surface area contributed by atoms with Gasteiger partial charge in [-0.05, 0) is 0 Å². The molecule has 6 heteroatoms. The summed E-state index contributed by atoms with van der Waals surface area (Å²) in [6.07, 6.45) is 1.57. The minimum Gasteiger partial charge on any atom is -0.480 e. The first-order valence-corrected chi connectivity index (χ1v) is 4.60. The Morgan fingerprint density at radius 1 is 1.62 bits per heavy atom. The van der Waals surface area contributed by atoms with Crippen LogP contribution in [0.4, 0.5) is 0 Å². The molecule has 0 aliphatic heterocycles. The van der Waals surface area contributed by atoms with Gasteiger partial charge in [0.2, 0.25) is 0 Å². The fourth-order valence-corrected chi connectivity index (χ4v) is 1.51. The Bertz CT molecular complexity index is 269. The van der Waals surface area contributed by atoms with Gasteiger partial charge in [-0.2, -0.15) is 0 Å². The largest absolute Gasteiger partial charge is 0.480 e. The first-order valence-electron chi connectivity index (χ1n) is 3.20. The smallest absolute Gasteiger partial charge is 0.289 e. The number of carbonyl (C=O) groups is 1. The third-order valence-electron chi connectivity index (χ3n) is 1.01. The zero-order valence-electron chi connectivity index (χ0n) is 6.69. The third kappa shape index (κ3) is 3.95. The van der Waals surface area contributed by atoms with Crippen LogP contribution in [0.3, 0.4) is 0 Å². The minimum atomic E-state index is -1.14. The van der Waals surface area contributed by atoms with Gasteiger partial charge in [-0.1, -0.05) is 18.3 Å². The molecule has 0 aromatic carbocycles. The summed E-state index contributed by atoms with van der Waals surface area (Å²) < 4.78 is 0.0485. The predicted molar refractivity (Wildman–Crippen MR) is 56.7 cm³/mol. The van der Waals surface area contributed by atoms with Crippen LogP contribution in [-0.4, -0.2) is 26.1 Å². The molecule has 0 spiro atoms. The van der Waals surface area contributed by atoms with Crippen LogP contribution < -0.4 is 5.73 Å². The van der Waals surface area contributed by atoms with E-state index < -0.39 is 17.4 Å². The highest BCUT2D eigenvalue weighted by Crippen LogP contribution is 2.14. The number of primary amides is 1. The Hall–Kier alpha value is -1.01. The molecule has 0 aromatic heterocycles. The van der Waals surface area contributed by atoms with E-state index in [4.69, 9.17) is 28.2 Å². The number of hydrogen-bond donors (Lipinski definition) is 3. The molecule has 1 amide bonds. The maximum absolute atomic E-state index is 10.7. The van der Waals surface area contributed by atoms with E-state index in [9.17, 15) is 4.79 Å². The average Bonchev–Trinajstić information content (AvgIpc) is 1.99. The number of thioether (sulfide) groups is 1. The quantitative estimate of drug-likeness (QED) is 0.285. The van der Waals surface area contributed by atoms with Gasteiger partial charge in [-0.15, -0.1) is 18.3 Å². The van der Waals surface area contributed by atoms with Gasteiger partial charge in [0.15, 0.2) is 0 Å². The normalized spacial score (nSPS) is 8.92. The molecule has 0 saturated heterocycles. The van der Waals surface area contributed by atoms with E-state index in [1.165, 1.54) is 0 Å². The fraction of sp³-hybridized carbons (Fsp3) is 0.143. The Balaban J connectivity index is 4.59. The van der Waals surface area contributed by atoms with Crippen molar-refractivity contribution in [1.82, 2.24) is 0 Å². The number of aliphatic hydroxyl groups excluding tert-OH is 1. The van der Waals surface area contributed by atoms with Crippen LogP contribution in [0.25, 0.3) is 0 Å². The second-order valence-corrected chi connectivity index (χ2v) is 3.65. The van der Waals surface area contributed by atoms with Crippen molar-refractivity contribution in [2.75, 3.05) is 5.75 Å². The van der Waals surface area contributed by atoms with Gasteiger partial charge in [0.25, 0.3) is 11.9 Å². The van der Waals surface area contributed by atoms with E-state index in [0.29, 0.717) is 5.75 Å². The van der Waals surface area contributed by atoms with E-state index >= 15 is 0 Å². The highest BCUT2D eigenvalue weighted by atomic mass is 32.2. The molecule has 0 aromatic rings. The van der Waals surface area contributed by atoms with Gasteiger partial charge in [-0.25, -0.2) is 0 Å². The van der Waals surface area contributed by atoms with Crippen molar-refractivity contribution in [3.8, 4) is 0 Å². The van der Waals surface area contributed by atoms with Crippen molar-refractivity contribution < 1.29 is 15.0 Å². The number of nitrogens with two attached hydrogens (primary N) is 1. The molecule has 0 bridgehead atoms. The van der Waals surface area contributed by atoms with Crippen LogP contribution in [0.1, 0.15) is 0 Å². The molecule has 0 rings (SSSR count). The third-order valence-corrected chi connectivity index (χ3v) is 2.43. The van der Waals surface area contributed by atoms with Gasteiger partial charge >= 0.3 is 0 Å². The zero-order chi connectivity index (χ0) is 10.4. The van der Waals surface area contributed by atoms with Gasteiger partial charge in [0.1, 0.15) is 5.57 Å². The maximum Gasteiger partial charge on any atom is 0.289 e. The molecule has 0 saturated carbocycles. The molecule has 0 unspecified atom stereocenters. The molecule has 13 heavy (non-hydrogen) atoms. The van der Waals surface area contributed by atoms with Crippen LogP contribution in [0, 0.1) is 0 Å². The molecule has 72 valence electrons. The number of thiocarbonyl (C=S) groups is 1. The molecule has 0 atom stereocenters. The van der Waals surface area contributed by atoms with Crippen LogP contribution in [0.5, 0.6) is 0 Å². The van der Waals surface area contributed by atoms with E-state index in [-0.39, 0.29) is 4.20 Å². The summed E-state index contributed by atoms with van der Waals surface area (Å²) in [6, 6.07) is 0. The molecule has 0 aliphatic carbocycles. The molecule has 4 nitrogen and oxygen atoms in total. The van der Waals surface area contributed by atoms with Crippen molar-refractivity contribution in [3.05, 3.63) is 24.2 Å².